The molecule has 0 radical (unpaired) electrons. The number of para-hydroxylation sites is 1. The van der Waals surface area contributed by atoms with Gasteiger partial charge >= 0.3 is 0 Å². The molecule has 0 aliphatic rings. The molecular weight excluding hydrogens is 342 g/mol. The Bertz CT molecular complexity index is 1150. The van der Waals surface area contributed by atoms with Crippen molar-refractivity contribution in [3.8, 4) is 10.6 Å². The summed E-state index contributed by atoms with van der Waals surface area (Å²) in [5.74, 6) is 0. The van der Waals surface area contributed by atoms with Crippen molar-refractivity contribution in [2.75, 3.05) is 0 Å². The molecule has 4 heteroatoms. The molecule has 0 saturated carbocycles. The zero-order chi connectivity index (χ0) is 15.4. The quantitative estimate of drug-likeness (QED) is 0.317. The minimum atomic E-state index is 0.824. The van der Waals surface area contributed by atoms with Gasteiger partial charge in [-0.1, -0.05) is 41.9 Å². The van der Waals surface area contributed by atoms with Crippen molar-refractivity contribution in [2.24, 2.45) is 0 Å². The monoisotopic (exact) mass is 351 g/mol. The summed E-state index contributed by atoms with van der Waals surface area (Å²) in [5, 5.41) is 4.37. The lowest BCUT2D eigenvalue weighted by molar-refractivity contribution is 1.48. The van der Waals surface area contributed by atoms with E-state index in [4.69, 9.17) is 16.6 Å². The number of hydrogen-bond donors (Lipinski definition) is 0. The maximum absolute atomic E-state index is 6.34. The van der Waals surface area contributed by atoms with E-state index >= 15 is 0 Å². The molecule has 110 valence electrons. The average Bonchev–Trinajstić information content (AvgIpc) is 3.16. The van der Waals surface area contributed by atoms with E-state index in [1.54, 1.807) is 22.7 Å². The second-order valence-corrected chi connectivity index (χ2v) is 7.91. The third-order valence-corrected chi connectivity index (χ3v) is 6.72. The van der Waals surface area contributed by atoms with Gasteiger partial charge < -0.3 is 0 Å². The fourth-order valence-electron chi connectivity index (χ4n) is 2.89. The highest BCUT2D eigenvalue weighted by Crippen LogP contribution is 2.40. The van der Waals surface area contributed by atoms with E-state index in [2.05, 4.69) is 42.5 Å². The van der Waals surface area contributed by atoms with Crippen LogP contribution in [-0.2, 0) is 0 Å². The lowest BCUT2D eigenvalue weighted by Gasteiger charge is -1.97. The van der Waals surface area contributed by atoms with Gasteiger partial charge in [-0.05, 0) is 30.3 Å². The maximum atomic E-state index is 6.34. The van der Waals surface area contributed by atoms with E-state index in [0.717, 1.165) is 20.2 Å². The molecule has 2 aromatic heterocycles. The van der Waals surface area contributed by atoms with Crippen molar-refractivity contribution in [1.29, 1.82) is 0 Å². The van der Waals surface area contributed by atoms with Crippen LogP contribution in [0.5, 0.6) is 0 Å². The van der Waals surface area contributed by atoms with Crippen molar-refractivity contribution >= 4 is 64.7 Å². The molecule has 0 bridgehead atoms. The van der Waals surface area contributed by atoms with E-state index < -0.39 is 0 Å². The summed E-state index contributed by atoms with van der Waals surface area (Å²) >= 11 is 9.82. The number of rotatable bonds is 1. The number of hydrogen-bond acceptors (Lipinski definition) is 3. The molecule has 0 N–H and O–H groups in total. The molecule has 0 amide bonds. The molecular formula is C19H10ClNS2. The Hall–Kier alpha value is -1.94. The highest BCUT2D eigenvalue weighted by molar-refractivity contribution is 7.26. The summed E-state index contributed by atoms with van der Waals surface area (Å²) in [6.07, 6.45) is 0. The van der Waals surface area contributed by atoms with Gasteiger partial charge in [0, 0.05) is 21.0 Å². The van der Waals surface area contributed by atoms with E-state index in [0.29, 0.717) is 0 Å². The number of halogens is 1. The van der Waals surface area contributed by atoms with Gasteiger partial charge in [0.15, 0.2) is 0 Å². The Morgan fingerprint density at radius 3 is 2.61 bits per heavy atom. The Labute approximate surface area is 145 Å². The zero-order valence-corrected chi connectivity index (χ0v) is 14.3. The summed E-state index contributed by atoms with van der Waals surface area (Å²) in [5.41, 5.74) is 2.23. The Morgan fingerprint density at radius 1 is 0.783 bits per heavy atom. The van der Waals surface area contributed by atoms with Crippen LogP contribution in [0.25, 0.3) is 41.0 Å². The van der Waals surface area contributed by atoms with E-state index in [1.807, 2.05) is 18.2 Å². The van der Waals surface area contributed by atoms with Crippen molar-refractivity contribution in [3.63, 3.8) is 0 Å². The highest BCUT2D eigenvalue weighted by atomic mass is 35.5. The van der Waals surface area contributed by atoms with Crippen molar-refractivity contribution in [1.82, 2.24) is 4.98 Å². The first kappa shape index (κ1) is 13.5. The molecule has 0 saturated heterocycles. The average molecular weight is 352 g/mol. The molecule has 0 fully saturated rings. The standard InChI is InChI=1S/C19H10ClNS2/c20-14-5-3-4-12-13-10-11(8-9-16(13)22-18(12)14)19-21-15-6-1-2-7-17(15)23-19/h1-10H. The summed E-state index contributed by atoms with van der Waals surface area (Å²) in [4.78, 5) is 4.77. The number of thiophene rings is 1. The Balaban J connectivity index is 1.78. The van der Waals surface area contributed by atoms with Gasteiger partial charge in [-0.15, -0.1) is 22.7 Å². The van der Waals surface area contributed by atoms with Crippen molar-refractivity contribution < 1.29 is 0 Å². The van der Waals surface area contributed by atoms with Crippen LogP contribution in [0, 0.1) is 0 Å². The highest BCUT2D eigenvalue weighted by Gasteiger charge is 2.11. The van der Waals surface area contributed by atoms with Crippen LogP contribution >= 0.6 is 34.3 Å². The van der Waals surface area contributed by atoms with Gasteiger partial charge in [0.25, 0.3) is 0 Å². The number of benzene rings is 3. The van der Waals surface area contributed by atoms with E-state index in [9.17, 15) is 0 Å². The smallest absolute Gasteiger partial charge is 0.124 e. The molecule has 0 aliphatic heterocycles. The number of thiazole rings is 1. The first-order valence-electron chi connectivity index (χ1n) is 7.26. The summed E-state index contributed by atoms with van der Waals surface area (Å²) in [6, 6.07) is 21.0. The minimum absolute atomic E-state index is 0.824. The normalized spacial score (nSPS) is 11.7. The second kappa shape index (κ2) is 5.03. The lowest BCUT2D eigenvalue weighted by Crippen LogP contribution is -1.75. The Morgan fingerprint density at radius 2 is 1.70 bits per heavy atom. The van der Waals surface area contributed by atoms with E-state index in [-0.39, 0.29) is 0 Å². The molecule has 0 spiro atoms. The van der Waals surface area contributed by atoms with Gasteiger partial charge in [0.1, 0.15) is 5.01 Å². The third kappa shape index (κ3) is 2.08. The summed E-state index contributed by atoms with van der Waals surface area (Å²) < 4.78 is 3.64. The Kier molecular flexibility index (Phi) is 2.95. The summed E-state index contributed by atoms with van der Waals surface area (Å²) in [6.45, 7) is 0. The fourth-order valence-corrected chi connectivity index (χ4v) is 5.23. The maximum Gasteiger partial charge on any atom is 0.124 e. The number of aromatic nitrogens is 1. The minimum Gasteiger partial charge on any atom is -0.236 e. The predicted molar refractivity (Wildman–Crippen MR) is 103 cm³/mol. The SMILES string of the molecule is Clc1cccc2c1sc1ccc(-c3nc4ccccc4s3)cc12. The molecule has 0 aliphatic carbocycles. The van der Waals surface area contributed by atoms with E-state index in [1.165, 1.54) is 25.7 Å². The van der Waals surface area contributed by atoms with Crippen LogP contribution in [0.1, 0.15) is 0 Å². The van der Waals surface area contributed by atoms with Gasteiger partial charge in [0.2, 0.25) is 0 Å². The predicted octanol–water partition coefficient (Wildman–Crippen LogP) is 6.98. The van der Waals surface area contributed by atoms with Crippen molar-refractivity contribution in [3.05, 3.63) is 65.7 Å². The van der Waals surface area contributed by atoms with Gasteiger partial charge in [-0.25, -0.2) is 4.98 Å². The number of fused-ring (bicyclic) bond motifs is 4. The zero-order valence-electron chi connectivity index (χ0n) is 11.9. The molecule has 0 atom stereocenters. The topological polar surface area (TPSA) is 12.9 Å². The second-order valence-electron chi connectivity index (χ2n) is 5.42. The van der Waals surface area contributed by atoms with Gasteiger partial charge in [0.05, 0.1) is 19.9 Å². The first-order chi connectivity index (χ1) is 11.3. The molecule has 3 aromatic carbocycles. The van der Waals surface area contributed by atoms with Gasteiger partial charge in [-0.3, -0.25) is 0 Å². The third-order valence-electron chi connectivity index (χ3n) is 3.99. The molecule has 5 rings (SSSR count). The largest absolute Gasteiger partial charge is 0.236 e. The van der Waals surface area contributed by atoms with Crippen LogP contribution in [0.4, 0.5) is 0 Å². The fraction of sp³-hybridized carbons (Fsp3) is 0. The van der Waals surface area contributed by atoms with Crippen LogP contribution in [0.3, 0.4) is 0 Å². The van der Waals surface area contributed by atoms with Crippen molar-refractivity contribution in [2.45, 2.75) is 0 Å². The molecule has 2 heterocycles. The van der Waals surface area contributed by atoms with Crippen LogP contribution < -0.4 is 0 Å². The van der Waals surface area contributed by atoms with Crippen LogP contribution in [0.2, 0.25) is 5.02 Å². The van der Waals surface area contributed by atoms with Crippen LogP contribution in [0.15, 0.2) is 60.7 Å². The van der Waals surface area contributed by atoms with Gasteiger partial charge in [-0.2, -0.15) is 0 Å². The molecule has 1 nitrogen and oxygen atoms in total. The summed E-state index contributed by atoms with van der Waals surface area (Å²) in [7, 11) is 0. The number of nitrogens with zero attached hydrogens (tertiary/aromatic N) is 1. The first-order valence-corrected chi connectivity index (χ1v) is 9.27. The molecule has 23 heavy (non-hydrogen) atoms. The lowest BCUT2D eigenvalue weighted by atomic mass is 10.1. The molecule has 0 unspecified atom stereocenters. The van der Waals surface area contributed by atoms with Crippen LogP contribution in [-0.4, -0.2) is 4.98 Å². The molecule has 5 aromatic rings.